The van der Waals surface area contributed by atoms with Crippen LogP contribution < -0.4 is 4.74 Å². The van der Waals surface area contributed by atoms with E-state index in [9.17, 15) is 25.1 Å². The van der Waals surface area contributed by atoms with E-state index in [-0.39, 0.29) is 18.3 Å². The number of benzene rings is 1. The fourth-order valence-corrected chi connectivity index (χ4v) is 6.29. The summed E-state index contributed by atoms with van der Waals surface area (Å²) in [6, 6.07) is 4.92. The van der Waals surface area contributed by atoms with Crippen molar-refractivity contribution in [2.45, 2.75) is 63.3 Å². The Hall–Kier alpha value is -2.63. The van der Waals surface area contributed by atoms with E-state index >= 15 is 0 Å². The zero-order valence-corrected chi connectivity index (χ0v) is 17.0. The zero-order valence-electron chi connectivity index (χ0n) is 17.0. The lowest BCUT2D eigenvalue weighted by molar-refractivity contribution is -0.775. The van der Waals surface area contributed by atoms with Gasteiger partial charge in [-0.2, -0.15) is 0 Å². The quantitative estimate of drug-likeness (QED) is 0.255. The van der Waals surface area contributed by atoms with Gasteiger partial charge in [-0.25, -0.2) is 0 Å². The van der Waals surface area contributed by atoms with Gasteiger partial charge in [0.25, 0.3) is 5.09 Å². The molecule has 2 N–H and O–H groups in total. The topological polar surface area (TPSA) is 119 Å². The van der Waals surface area contributed by atoms with Crippen molar-refractivity contribution in [2.24, 2.45) is 17.3 Å². The van der Waals surface area contributed by atoms with Crippen LogP contribution in [0.2, 0.25) is 0 Å². The first-order chi connectivity index (χ1) is 14.0. The Morgan fingerprint density at radius 2 is 2.07 bits per heavy atom. The molecule has 1 aromatic carbocycles. The molecule has 0 spiro atoms. The molecule has 0 aliphatic heterocycles. The number of aryl methyl sites for hydroxylation is 1. The van der Waals surface area contributed by atoms with Crippen LogP contribution in [0.1, 0.15) is 50.7 Å². The second-order valence-electron chi connectivity index (χ2n) is 8.97. The van der Waals surface area contributed by atoms with Crippen LogP contribution in [0.3, 0.4) is 0 Å². The molecule has 0 aromatic heterocycles. The molecule has 0 radical (unpaired) electrons. The first kappa shape index (κ1) is 20.6. The highest BCUT2D eigenvalue weighted by Gasteiger charge is 2.68. The highest BCUT2D eigenvalue weighted by atomic mass is 17.0. The second kappa shape index (κ2) is 6.69. The van der Waals surface area contributed by atoms with Crippen LogP contribution in [0, 0.1) is 39.7 Å². The van der Waals surface area contributed by atoms with Gasteiger partial charge in [-0.15, -0.1) is 16.5 Å². The van der Waals surface area contributed by atoms with E-state index < -0.39 is 33.8 Å². The smallest absolute Gasteiger partial charge is 0.308 e. The summed E-state index contributed by atoms with van der Waals surface area (Å²) < 4.78 is 5.15. The third kappa shape index (κ3) is 2.72. The number of carbonyl (C=O) groups excluding carboxylic acids is 1. The monoisotopic (exact) mass is 415 g/mol. The molecule has 0 amide bonds. The summed E-state index contributed by atoms with van der Waals surface area (Å²) in [5.41, 5.74) is -2.53. The van der Waals surface area contributed by atoms with Crippen LogP contribution in [0.4, 0.5) is 0 Å². The number of hydrogen-bond donors (Lipinski definition) is 2. The molecule has 2 fully saturated rings. The molecule has 8 nitrogen and oxygen atoms in total. The van der Waals surface area contributed by atoms with Gasteiger partial charge in [0.1, 0.15) is 23.1 Å². The number of terminal acetylenes is 1. The molecule has 3 aliphatic carbocycles. The molecule has 0 heterocycles. The highest BCUT2D eigenvalue weighted by Crippen LogP contribution is 2.65. The number of aliphatic hydroxyl groups is 2. The summed E-state index contributed by atoms with van der Waals surface area (Å²) in [5, 5.41) is 33.5. The largest absolute Gasteiger partial charge is 0.427 e. The van der Waals surface area contributed by atoms with Gasteiger partial charge in [-0.3, -0.25) is 4.79 Å². The average Bonchev–Trinajstić information content (AvgIpc) is 2.92. The van der Waals surface area contributed by atoms with Crippen LogP contribution in [-0.4, -0.2) is 33.0 Å². The van der Waals surface area contributed by atoms with Crippen LogP contribution in [0.25, 0.3) is 0 Å². The lowest BCUT2D eigenvalue weighted by Gasteiger charge is -2.58. The molecule has 4 rings (SSSR count). The van der Waals surface area contributed by atoms with Gasteiger partial charge in [0.2, 0.25) is 0 Å². The third-order valence-electron chi connectivity index (χ3n) is 7.68. The molecular formula is C22H25NO7. The standard InChI is InChI=1S/C22H25NO7/c1-4-21(25)10-9-17-18-7-5-14-11-15(29-13(2)24)6-8-16(14)22(18,26)19(30-23(27)28)12-20(17,21)3/h1,6,8,11,17-19,25-26H,5,7,9-10,12H2,2-3H3/t17-,18-,19?,20-,21-,22-/m0/s1. The van der Waals surface area contributed by atoms with Crippen molar-refractivity contribution in [3.63, 3.8) is 0 Å². The van der Waals surface area contributed by atoms with Gasteiger partial charge < -0.3 is 19.8 Å². The highest BCUT2D eigenvalue weighted by molar-refractivity contribution is 5.69. The predicted octanol–water partition coefficient (Wildman–Crippen LogP) is 2.12. The Morgan fingerprint density at radius 1 is 1.33 bits per heavy atom. The first-order valence-electron chi connectivity index (χ1n) is 10.1. The normalized spacial score (nSPS) is 39.1. The minimum atomic E-state index is -1.61. The third-order valence-corrected chi connectivity index (χ3v) is 7.68. The van der Waals surface area contributed by atoms with Gasteiger partial charge in [-0.1, -0.05) is 18.9 Å². The first-order valence-corrected chi connectivity index (χ1v) is 10.1. The summed E-state index contributed by atoms with van der Waals surface area (Å²) in [7, 11) is 0. The molecular weight excluding hydrogens is 390 g/mol. The predicted molar refractivity (Wildman–Crippen MR) is 105 cm³/mol. The minimum Gasteiger partial charge on any atom is -0.427 e. The Bertz CT molecular complexity index is 955. The average molecular weight is 415 g/mol. The van der Waals surface area contributed by atoms with E-state index in [0.29, 0.717) is 37.0 Å². The molecule has 30 heavy (non-hydrogen) atoms. The van der Waals surface area contributed by atoms with Gasteiger partial charge in [-0.05, 0) is 67.2 Å². The van der Waals surface area contributed by atoms with E-state index in [1.165, 1.54) is 6.92 Å². The SMILES string of the molecule is C#C[C@]1(O)CC[C@H]2[C@@H]3CCc4cc(OC(C)=O)ccc4[C@@]3(O)C(O[N+](=O)[O-])C[C@@]21C. The molecule has 1 aromatic rings. The molecule has 0 bridgehead atoms. The van der Waals surface area contributed by atoms with E-state index in [0.717, 1.165) is 5.56 Å². The van der Waals surface area contributed by atoms with E-state index in [4.69, 9.17) is 16.0 Å². The zero-order chi connectivity index (χ0) is 21.9. The number of carbonyl (C=O) groups is 1. The van der Waals surface area contributed by atoms with Gasteiger partial charge in [0.05, 0.1) is 0 Å². The van der Waals surface area contributed by atoms with Gasteiger partial charge in [0, 0.05) is 12.3 Å². The van der Waals surface area contributed by atoms with Crippen LogP contribution in [0.5, 0.6) is 5.75 Å². The molecule has 1 unspecified atom stereocenters. The van der Waals surface area contributed by atoms with Gasteiger partial charge >= 0.3 is 5.97 Å². The minimum absolute atomic E-state index is 0.0531. The molecule has 8 heteroatoms. The number of fused-ring (bicyclic) bond motifs is 5. The van der Waals surface area contributed by atoms with Crippen molar-refractivity contribution in [2.75, 3.05) is 0 Å². The van der Waals surface area contributed by atoms with Crippen molar-refractivity contribution >= 4 is 5.97 Å². The molecule has 3 aliphatic rings. The molecule has 0 saturated heterocycles. The van der Waals surface area contributed by atoms with E-state index in [2.05, 4.69) is 5.92 Å². The summed E-state index contributed by atoms with van der Waals surface area (Å²) >= 11 is 0. The number of nitrogens with zero attached hydrogens (tertiary/aromatic N) is 1. The fourth-order valence-electron chi connectivity index (χ4n) is 6.29. The Labute approximate surface area is 174 Å². The maximum absolute atomic E-state index is 12.0. The Morgan fingerprint density at radius 3 is 2.70 bits per heavy atom. The summed E-state index contributed by atoms with van der Waals surface area (Å²) in [4.78, 5) is 27.6. The maximum Gasteiger partial charge on any atom is 0.308 e. The molecule has 6 atom stereocenters. The van der Waals surface area contributed by atoms with Crippen LogP contribution in [0.15, 0.2) is 18.2 Å². The second-order valence-corrected chi connectivity index (χ2v) is 8.97. The lowest BCUT2D eigenvalue weighted by atomic mass is 9.50. The summed E-state index contributed by atoms with van der Waals surface area (Å²) in [6.07, 6.45) is 6.68. The van der Waals surface area contributed by atoms with Crippen molar-refractivity contribution in [3.8, 4) is 18.1 Å². The number of rotatable bonds is 3. The molecule has 2 saturated carbocycles. The van der Waals surface area contributed by atoms with Crippen molar-refractivity contribution in [1.82, 2.24) is 0 Å². The van der Waals surface area contributed by atoms with Gasteiger partial charge in [0.15, 0.2) is 0 Å². The van der Waals surface area contributed by atoms with Crippen molar-refractivity contribution in [3.05, 3.63) is 39.4 Å². The summed E-state index contributed by atoms with van der Waals surface area (Å²) in [5.74, 6) is 1.93. The summed E-state index contributed by atoms with van der Waals surface area (Å²) in [6.45, 7) is 3.15. The van der Waals surface area contributed by atoms with Crippen molar-refractivity contribution < 1.29 is 29.7 Å². The maximum atomic E-state index is 12.0. The number of esters is 1. The Balaban J connectivity index is 1.83. The van der Waals surface area contributed by atoms with Crippen molar-refractivity contribution in [1.29, 1.82) is 0 Å². The Kier molecular flexibility index (Phi) is 4.60. The van der Waals surface area contributed by atoms with E-state index in [1.807, 2.05) is 6.92 Å². The molecule has 160 valence electrons. The van der Waals surface area contributed by atoms with Crippen LogP contribution >= 0.6 is 0 Å². The van der Waals surface area contributed by atoms with E-state index in [1.54, 1.807) is 18.2 Å². The lowest BCUT2D eigenvalue weighted by Crippen LogP contribution is -2.63. The van der Waals surface area contributed by atoms with Crippen LogP contribution in [-0.2, 0) is 21.7 Å². The fraction of sp³-hybridized carbons (Fsp3) is 0.591. The number of hydrogen-bond acceptors (Lipinski definition) is 7. The number of ether oxygens (including phenoxy) is 1.